The average Bonchev–Trinajstić information content (AvgIpc) is 2.85. The molecule has 2 aromatic carbocycles. The third kappa shape index (κ3) is 5.37. The van der Waals surface area contributed by atoms with Crippen molar-refractivity contribution in [2.75, 3.05) is 5.73 Å². The molecule has 8 heteroatoms. The first-order valence-electron chi connectivity index (χ1n) is 10.0. The van der Waals surface area contributed by atoms with Gasteiger partial charge in [-0.05, 0) is 29.8 Å². The van der Waals surface area contributed by atoms with E-state index in [-0.39, 0.29) is 18.3 Å². The monoisotopic (exact) mass is 423 g/mol. The Hall–Kier alpha value is -4.46. The number of hydrogen-bond donors (Lipinski definition) is 2. The number of amides is 1. The maximum Gasteiger partial charge on any atom is 0.251 e. The molecule has 0 fully saturated rings. The van der Waals surface area contributed by atoms with Crippen molar-refractivity contribution in [1.82, 2.24) is 20.3 Å². The van der Waals surface area contributed by atoms with Gasteiger partial charge in [-0.25, -0.2) is 15.0 Å². The molecule has 0 spiro atoms. The highest BCUT2D eigenvalue weighted by molar-refractivity contribution is 5.95. The molecule has 0 radical (unpaired) electrons. The minimum Gasteiger partial charge on any atom is -0.382 e. The number of aromatic nitrogens is 3. The molecule has 4 rings (SSSR count). The first-order valence-corrected chi connectivity index (χ1v) is 10.0. The number of nitrogens with two attached hydrogens (primary N) is 1. The summed E-state index contributed by atoms with van der Waals surface area (Å²) in [7, 11) is 0. The second kappa shape index (κ2) is 10.0. The van der Waals surface area contributed by atoms with Crippen LogP contribution in [0, 0.1) is 0 Å². The molecule has 0 aliphatic carbocycles. The van der Waals surface area contributed by atoms with Gasteiger partial charge in [-0.2, -0.15) is 5.11 Å². The number of nitrogens with one attached hydrogen (secondary N) is 1. The fourth-order valence-electron chi connectivity index (χ4n) is 2.98. The first kappa shape index (κ1) is 20.8. The maximum absolute atomic E-state index is 12.6. The number of hydrogen-bond acceptors (Lipinski definition) is 7. The van der Waals surface area contributed by atoms with Crippen molar-refractivity contribution in [3.63, 3.8) is 0 Å². The number of azo groups is 1. The molecule has 0 unspecified atom stereocenters. The lowest BCUT2D eigenvalue weighted by atomic mass is 10.1. The Morgan fingerprint density at radius 1 is 0.969 bits per heavy atom. The van der Waals surface area contributed by atoms with Crippen LogP contribution >= 0.6 is 0 Å². The summed E-state index contributed by atoms with van der Waals surface area (Å²) in [4.78, 5) is 25.5. The molecule has 158 valence electrons. The molecule has 8 nitrogen and oxygen atoms in total. The van der Waals surface area contributed by atoms with Gasteiger partial charge >= 0.3 is 0 Å². The van der Waals surface area contributed by atoms with Crippen LogP contribution in [-0.2, 0) is 13.1 Å². The number of benzene rings is 2. The van der Waals surface area contributed by atoms with Crippen LogP contribution in [0.4, 0.5) is 11.6 Å². The van der Waals surface area contributed by atoms with Crippen LogP contribution in [0.25, 0.3) is 11.3 Å². The molecular formula is C24H21N7O. The van der Waals surface area contributed by atoms with E-state index in [2.05, 4.69) is 30.5 Å². The van der Waals surface area contributed by atoms with Crippen LogP contribution in [-0.4, -0.2) is 20.9 Å². The van der Waals surface area contributed by atoms with Crippen molar-refractivity contribution in [1.29, 1.82) is 0 Å². The Morgan fingerprint density at radius 2 is 1.81 bits per heavy atom. The SMILES string of the molecule is Nc1ncc(-c2cccc(C(=O)NCc3ccccc3)c2)nc1CN=Nc1ccccn1. The lowest BCUT2D eigenvalue weighted by Crippen LogP contribution is -2.22. The predicted octanol–water partition coefficient (Wildman–Crippen LogP) is 4.33. The van der Waals surface area contributed by atoms with E-state index in [1.54, 1.807) is 30.6 Å². The van der Waals surface area contributed by atoms with Gasteiger partial charge in [0.25, 0.3) is 5.91 Å². The van der Waals surface area contributed by atoms with Gasteiger partial charge in [0.15, 0.2) is 5.82 Å². The van der Waals surface area contributed by atoms with Crippen molar-refractivity contribution in [3.05, 3.63) is 102 Å². The Morgan fingerprint density at radius 3 is 2.62 bits per heavy atom. The Labute approximate surface area is 185 Å². The molecule has 0 saturated carbocycles. The second-order valence-electron chi connectivity index (χ2n) is 6.92. The molecule has 32 heavy (non-hydrogen) atoms. The third-order valence-corrected chi connectivity index (χ3v) is 4.64. The van der Waals surface area contributed by atoms with E-state index in [4.69, 9.17) is 5.73 Å². The molecular weight excluding hydrogens is 402 g/mol. The highest BCUT2D eigenvalue weighted by atomic mass is 16.1. The summed E-state index contributed by atoms with van der Waals surface area (Å²) >= 11 is 0. The topological polar surface area (TPSA) is 119 Å². The third-order valence-electron chi connectivity index (χ3n) is 4.64. The normalized spacial score (nSPS) is 10.9. The smallest absolute Gasteiger partial charge is 0.251 e. The van der Waals surface area contributed by atoms with E-state index in [0.29, 0.717) is 29.3 Å². The number of nitrogens with zero attached hydrogens (tertiary/aromatic N) is 5. The molecule has 0 bridgehead atoms. The Kier molecular flexibility index (Phi) is 6.52. The van der Waals surface area contributed by atoms with Gasteiger partial charge in [-0.1, -0.05) is 48.5 Å². The quantitative estimate of drug-likeness (QED) is 0.429. The van der Waals surface area contributed by atoms with Crippen molar-refractivity contribution >= 4 is 17.5 Å². The Bertz CT molecular complexity index is 1230. The molecule has 0 aliphatic heterocycles. The van der Waals surface area contributed by atoms with Gasteiger partial charge in [-0.15, -0.1) is 5.11 Å². The van der Waals surface area contributed by atoms with E-state index < -0.39 is 0 Å². The minimum absolute atomic E-state index is 0.163. The summed E-state index contributed by atoms with van der Waals surface area (Å²) in [6.45, 7) is 0.623. The number of pyridine rings is 1. The summed E-state index contributed by atoms with van der Waals surface area (Å²) in [5, 5.41) is 11.1. The zero-order valence-electron chi connectivity index (χ0n) is 17.2. The fourth-order valence-corrected chi connectivity index (χ4v) is 2.98. The van der Waals surface area contributed by atoms with Gasteiger partial charge in [0.05, 0.1) is 11.9 Å². The molecule has 0 saturated heterocycles. The Balaban J connectivity index is 1.48. The zero-order chi connectivity index (χ0) is 22.2. The van der Waals surface area contributed by atoms with Crippen molar-refractivity contribution in [2.24, 2.45) is 10.2 Å². The van der Waals surface area contributed by atoms with Gasteiger partial charge in [0.1, 0.15) is 18.1 Å². The van der Waals surface area contributed by atoms with Crippen molar-refractivity contribution in [3.8, 4) is 11.3 Å². The highest BCUT2D eigenvalue weighted by Crippen LogP contribution is 2.21. The van der Waals surface area contributed by atoms with Gasteiger partial charge in [-0.3, -0.25) is 4.79 Å². The first-order chi connectivity index (χ1) is 15.7. The van der Waals surface area contributed by atoms with Gasteiger partial charge < -0.3 is 11.1 Å². The van der Waals surface area contributed by atoms with E-state index in [9.17, 15) is 4.79 Å². The lowest BCUT2D eigenvalue weighted by Gasteiger charge is -2.08. The van der Waals surface area contributed by atoms with Crippen LogP contribution in [0.1, 0.15) is 21.6 Å². The van der Waals surface area contributed by atoms with Crippen molar-refractivity contribution < 1.29 is 4.79 Å². The highest BCUT2D eigenvalue weighted by Gasteiger charge is 2.10. The standard InChI is InChI=1S/C24H21N7O/c25-23-21(16-29-31-22-11-4-5-12-26-22)30-20(15-27-23)18-9-6-10-19(13-18)24(32)28-14-17-7-2-1-3-8-17/h1-13,15H,14,16H2,(H2,25,27)(H,28,32). The van der Waals surface area contributed by atoms with Gasteiger partial charge in [0, 0.05) is 23.9 Å². The summed E-state index contributed by atoms with van der Waals surface area (Å²) in [5.74, 6) is 0.623. The summed E-state index contributed by atoms with van der Waals surface area (Å²) in [5.41, 5.74) is 9.39. The number of carbonyl (C=O) groups is 1. The fraction of sp³-hybridized carbons (Fsp3) is 0.0833. The average molecular weight is 423 g/mol. The largest absolute Gasteiger partial charge is 0.382 e. The molecule has 0 atom stereocenters. The van der Waals surface area contributed by atoms with Crippen LogP contribution in [0.15, 0.2) is 95.4 Å². The van der Waals surface area contributed by atoms with Gasteiger partial charge in [0.2, 0.25) is 0 Å². The zero-order valence-corrected chi connectivity index (χ0v) is 17.2. The molecule has 1 amide bonds. The summed E-state index contributed by atoms with van der Waals surface area (Å²) in [6, 6.07) is 22.4. The van der Waals surface area contributed by atoms with Crippen molar-refractivity contribution in [2.45, 2.75) is 13.1 Å². The number of rotatable bonds is 7. The molecule has 2 aromatic heterocycles. The molecule has 4 aromatic rings. The van der Waals surface area contributed by atoms with E-state index >= 15 is 0 Å². The van der Waals surface area contributed by atoms with E-state index in [1.165, 1.54) is 0 Å². The molecule has 0 aliphatic rings. The van der Waals surface area contributed by atoms with Crippen LogP contribution in [0.3, 0.4) is 0 Å². The maximum atomic E-state index is 12.6. The van der Waals surface area contributed by atoms with Crippen LogP contribution in [0.2, 0.25) is 0 Å². The molecule has 3 N–H and O–H groups in total. The van der Waals surface area contributed by atoms with Crippen LogP contribution < -0.4 is 11.1 Å². The number of anilines is 1. The summed E-state index contributed by atoms with van der Waals surface area (Å²) < 4.78 is 0. The second-order valence-corrected chi connectivity index (χ2v) is 6.92. The summed E-state index contributed by atoms with van der Waals surface area (Å²) in [6.07, 6.45) is 3.22. The minimum atomic E-state index is -0.163. The predicted molar refractivity (Wildman–Crippen MR) is 122 cm³/mol. The van der Waals surface area contributed by atoms with E-state index in [0.717, 1.165) is 11.1 Å². The molecule has 2 heterocycles. The lowest BCUT2D eigenvalue weighted by molar-refractivity contribution is 0.0951. The van der Waals surface area contributed by atoms with Crippen LogP contribution in [0.5, 0.6) is 0 Å². The number of nitrogen functional groups attached to an aromatic ring is 1. The number of carbonyl (C=O) groups excluding carboxylic acids is 1. The van der Waals surface area contributed by atoms with E-state index in [1.807, 2.05) is 54.6 Å².